The first-order valence-electron chi connectivity index (χ1n) is 14.5. The Morgan fingerprint density at radius 1 is 1.08 bits per heavy atom. The normalized spacial score (nSPS) is 17.0. The van der Waals surface area contributed by atoms with Gasteiger partial charge in [0.1, 0.15) is 5.76 Å². The van der Waals surface area contributed by atoms with E-state index in [2.05, 4.69) is 102 Å². The number of piperidine rings is 1. The zero-order chi connectivity index (χ0) is 27.8. The summed E-state index contributed by atoms with van der Waals surface area (Å²) in [4.78, 5) is 6.35. The third kappa shape index (κ3) is 7.41. The molecule has 3 heteroatoms. The molecule has 1 aromatic carbocycles. The number of hydrogen-bond acceptors (Lipinski definition) is 2. The van der Waals surface area contributed by atoms with Gasteiger partial charge in [-0.3, -0.25) is 4.90 Å². The predicted molar refractivity (Wildman–Crippen MR) is 167 cm³/mol. The van der Waals surface area contributed by atoms with Crippen LogP contribution in [0.25, 0.3) is 16.5 Å². The Labute approximate surface area is 232 Å². The molecule has 2 aromatic rings. The molecule has 0 amide bonds. The number of ether oxygens (including phenoxy) is 1. The van der Waals surface area contributed by atoms with Gasteiger partial charge in [0, 0.05) is 16.6 Å². The van der Waals surface area contributed by atoms with Crippen LogP contribution in [-0.2, 0) is 4.74 Å². The number of allylic oxidation sites excluding steroid dienone is 8. The summed E-state index contributed by atoms with van der Waals surface area (Å²) in [5, 5.41) is 1.38. The van der Waals surface area contributed by atoms with Crippen LogP contribution in [0.1, 0.15) is 110 Å². The molecule has 2 heterocycles. The van der Waals surface area contributed by atoms with Crippen LogP contribution in [-0.4, -0.2) is 29.5 Å². The second-order valence-electron chi connectivity index (χ2n) is 11.4. The number of nitrogens with zero attached hydrogens (tertiary/aromatic N) is 1. The Kier molecular flexibility index (Phi) is 10.8. The zero-order valence-corrected chi connectivity index (χ0v) is 25.4. The molecule has 0 saturated carbocycles. The fourth-order valence-corrected chi connectivity index (χ4v) is 5.44. The molecular formula is C35H50N2O. The Bertz CT molecular complexity index is 1240. The zero-order valence-electron chi connectivity index (χ0n) is 25.4. The van der Waals surface area contributed by atoms with E-state index in [1.165, 1.54) is 62.9 Å². The number of fused-ring (bicyclic) bond motifs is 1. The van der Waals surface area contributed by atoms with Crippen molar-refractivity contribution in [1.82, 2.24) is 9.88 Å². The van der Waals surface area contributed by atoms with Crippen LogP contribution in [0.3, 0.4) is 0 Å². The van der Waals surface area contributed by atoms with Crippen LogP contribution < -0.4 is 0 Å². The number of aromatic amines is 1. The van der Waals surface area contributed by atoms with Crippen molar-refractivity contribution in [2.24, 2.45) is 0 Å². The largest absolute Gasteiger partial charge is 0.469 e. The van der Waals surface area contributed by atoms with Crippen LogP contribution in [0.15, 0.2) is 71.2 Å². The number of benzene rings is 1. The maximum absolute atomic E-state index is 5.75. The van der Waals surface area contributed by atoms with Crippen LogP contribution in [0.4, 0.5) is 0 Å². The van der Waals surface area contributed by atoms with Gasteiger partial charge in [0.15, 0.2) is 0 Å². The summed E-state index contributed by atoms with van der Waals surface area (Å²) in [7, 11) is 0. The Morgan fingerprint density at radius 2 is 1.79 bits per heavy atom. The summed E-state index contributed by atoms with van der Waals surface area (Å²) in [5.74, 6) is 2.06. The monoisotopic (exact) mass is 514 g/mol. The second kappa shape index (κ2) is 13.8. The van der Waals surface area contributed by atoms with Crippen molar-refractivity contribution in [3.05, 3.63) is 88.1 Å². The molecule has 38 heavy (non-hydrogen) atoms. The van der Waals surface area contributed by atoms with Crippen molar-refractivity contribution in [3.8, 4) is 0 Å². The van der Waals surface area contributed by atoms with Crippen molar-refractivity contribution in [3.63, 3.8) is 0 Å². The van der Waals surface area contributed by atoms with E-state index in [4.69, 9.17) is 4.74 Å². The van der Waals surface area contributed by atoms with Crippen LogP contribution in [0, 0.1) is 0 Å². The van der Waals surface area contributed by atoms with E-state index >= 15 is 0 Å². The van der Waals surface area contributed by atoms with Gasteiger partial charge in [-0.15, -0.1) is 0 Å². The SMILES string of the molecule is CC=C(CN1CCC(c2ccc3[nH]c(/C(C=C(C)C)=C/C(C)=C(C)CC)c(C(C)C)c3c2)CC1)O/C=C\C. The molecule has 3 nitrogen and oxygen atoms in total. The van der Waals surface area contributed by atoms with E-state index in [-0.39, 0.29) is 0 Å². The van der Waals surface area contributed by atoms with Gasteiger partial charge in [-0.2, -0.15) is 0 Å². The molecule has 1 fully saturated rings. The van der Waals surface area contributed by atoms with Crippen molar-refractivity contribution in [1.29, 1.82) is 0 Å². The van der Waals surface area contributed by atoms with Gasteiger partial charge in [0.05, 0.1) is 12.8 Å². The van der Waals surface area contributed by atoms with Gasteiger partial charge in [-0.05, 0) is 121 Å². The summed E-state index contributed by atoms with van der Waals surface area (Å²) in [6.45, 7) is 22.9. The Hall–Kier alpha value is -2.78. The molecule has 0 atom stereocenters. The molecule has 0 unspecified atom stereocenters. The fourth-order valence-electron chi connectivity index (χ4n) is 5.44. The van der Waals surface area contributed by atoms with E-state index in [9.17, 15) is 0 Å². The lowest BCUT2D eigenvalue weighted by molar-refractivity contribution is 0.194. The molecule has 1 aromatic heterocycles. The minimum atomic E-state index is 0.429. The topological polar surface area (TPSA) is 28.3 Å². The first-order chi connectivity index (χ1) is 18.2. The predicted octanol–water partition coefficient (Wildman–Crippen LogP) is 10.0. The number of rotatable bonds is 10. The highest BCUT2D eigenvalue weighted by Gasteiger charge is 2.23. The molecule has 0 radical (unpaired) electrons. The maximum atomic E-state index is 5.75. The maximum Gasteiger partial charge on any atom is 0.113 e. The highest BCUT2D eigenvalue weighted by Crippen LogP contribution is 2.38. The van der Waals surface area contributed by atoms with Crippen molar-refractivity contribution in [2.45, 2.75) is 93.4 Å². The lowest BCUT2D eigenvalue weighted by Crippen LogP contribution is -2.34. The standard InChI is InChI=1S/C35H50N2O/c1-10-19-38-31(12-3)23-37-17-15-28(16-18-37)29-13-14-33-32(22-29)34(25(6)7)35(36-33)30(20-24(4)5)21-27(9)26(8)11-2/h10,12-14,19-22,25,28,36H,11,15-18,23H2,1-9H3/b19-10-,27-26?,30-21+,31-12?. The van der Waals surface area contributed by atoms with Gasteiger partial charge < -0.3 is 9.72 Å². The lowest BCUT2D eigenvalue weighted by atomic mass is 9.87. The molecule has 0 aliphatic carbocycles. The number of hydrogen-bond donors (Lipinski definition) is 1. The van der Waals surface area contributed by atoms with Gasteiger partial charge in [0.25, 0.3) is 0 Å². The summed E-state index contributed by atoms with van der Waals surface area (Å²) in [6, 6.07) is 7.16. The van der Waals surface area contributed by atoms with Crippen molar-refractivity contribution >= 4 is 16.5 Å². The molecule has 0 spiro atoms. The summed E-state index contributed by atoms with van der Waals surface area (Å²) in [5.41, 5.74) is 10.8. The van der Waals surface area contributed by atoms with Crippen LogP contribution >= 0.6 is 0 Å². The molecule has 1 aliphatic rings. The first kappa shape index (κ1) is 29.8. The highest BCUT2D eigenvalue weighted by molar-refractivity contribution is 5.92. The number of H-pyrrole nitrogens is 1. The molecule has 1 aliphatic heterocycles. The third-order valence-electron chi connectivity index (χ3n) is 7.86. The molecule has 3 rings (SSSR count). The average molecular weight is 515 g/mol. The van der Waals surface area contributed by atoms with Gasteiger partial charge in [0.2, 0.25) is 0 Å². The minimum absolute atomic E-state index is 0.429. The first-order valence-corrected chi connectivity index (χ1v) is 14.5. The van der Waals surface area contributed by atoms with E-state index in [1.807, 2.05) is 13.0 Å². The fraction of sp³-hybridized carbons (Fsp3) is 0.486. The van der Waals surface area contributed by atoms with E-state index in [1.54, 1.807) is 6.26 Å². The Balaban J connectivity index is 1.92. The average Bonchev–Trinajstić information content (AvgIpc) is 3.29. The number of aromatic nitrogens is 1. The second-order valence-corrected chi connectivity index (χ2v) is 11.4. The molecule has 1 saturated heterocycles. The van der Waals surface area contributed by atoms with Gasteiger partial charge in [-0.25, -0.2) is 0 Å². The third-order valence-corrected chi connectivity index (χ3v) is 7.86. The highest BCUT2D eigenvalue weighted by atomic mass is 16.5. The summed E-state index contributed by atoms with van der Waals surface area (Å²) in [6.07, 6.45) is 13.9. The molecular weight excluding hydrogens is 464 g/mol. The summed E-state index contributed by atoms with van der Waals surface area (Å²) < 4.78 is 5.75. The number of likely N-dealkylation sites (tertiary alicyclic amines) is 1. The van der Waals surface area contributed by atoms with E-state index in [0.29, 0.717) is 11.8 Å². The number of nitrogens with one attached hydrogen (secondary N) is 1. The minimum Gasteiger partial charge on any atom is -0.469 e. The van der Waals surface area contributed by atoms with Crippen LogP contribution in [0.2, 0.25) is 0 Å². The van der Waals surface area contributed by atoms with E-state index in [0.717, 1.165) is 31.8 Å². The quantitative estimate of drug-likeness (QED) is 0.252. The molecule has 1 N–H and O–H groups in total. The van der Waals surface area contributed by atoms with Crippen LogP contribution in [0.5, 0.6) is 0 Å². The molecule has 206 valence electrons. The summed E-state index contributed by atoms with van der Waals surface area (Å²) >= 11 is 0. The Morgan fingerprint density at radius 3 is 2.37 bits per heavy atom. The van der Waals surface area contributed by atoms with Gasteiger partial charge >= 0.3 is 0 Å². The molecule has 0 bridgehead atoms. The van der Waals surface area contributed by atoms with Crippen molar-refractivity contribution < 1.29 is 4.74 Å². The smallest absolute Gasteiger partial charge is 0.113 e. The van der Waals surface area contributed by atoms with Gasteiger partial charge in [-0.1, -0.05) is 61.8 Å². The lowest BCUT2D eigenvalue weighted by Gasteiger charge is -2.32. The van der Waals surface area contributed by atoms with Crippen molar-refractivity contribution in [2.75, 3.05) is 19.6 Å². The van der Waals surface area contributed by atoms with E-state index < -0.39 is 0 Å².